The van der Waals surface area contributed by atoms with Crippen LogP contribution in [0.2, 0.25) is 0 Å². The Morgan fingerprint density at radius 1 is 1.52 bits per heavy atom. The Morgan fingerprint density at radius 3 is 3.04 bits per heavy atom. The molecule has 1 amide bonds. The highest BCUT2D eigenvalue weighted by atomic mass is 32.1. The molecule has 3 heterocycles. The summed E-state index contributed by atoms with van der Waals surface area (Å²) >= 11 is 1.58. The van der Waals surface area contributed by atoms with E-state index < -0.39 is 6.10 Å². The van der Waals surface area contributed by atoms with Crippen molar-refractivity contribution in [2.45, 2.75) is 51.9 Å². The minimum atomic E-state index is -0.581. The van der Waals surface area contributed by atoms with Crippen molar-refractivity contribution in [2.24, 2.45) is 0 Å². The fraction of sp³-hybridized carbons (Fsp3) is 0.588. The molecule has 7 nitrogen and oxygen atoms in total. The monoisotopic (exact) mass is 363 g/mol. The van der Waals surface area contributed by atoms with Crippen LogP contribution in [0.5, 0.6) is 0 Å². The molecule has 2 aromatic rings. The molecule has 2 N–H and O–H groups in total. The third-order valence-electron chi connectivity index (χ3n) is 4.50. The summed E-state index contributed by atoms with van der Waals surface area (Å²) < 4.78 is 1.80. The van der Waals surface area contributed by atoms with Crippen LogP contribution < -0.4 is 5.32 Å². The van der Waals surface area contributed by atoms with E-state index in [0.717, 1.165) is 43.9 Å². The number of amides is 1. The number of nitrogens with one attached hydrogen (secondary N) is 1. The highest BCUT2D eigenvalue weighted by molar-refractivity contribution is 7.07. The second-order valence-corrected chi connectivity index (χ2v) is 7.26. The van der Waals surface area contributed by atoms with Crippen LogP contribution in [0.15, 0.2) is 17.1 Å². The van der Waals surface area contributed by atoms with E-state index in [9.17, 15) is 9.90 Å². The van der Waals surface area contributed by atoms with Crippen molar-refractivity contribution in [1.29, 1.82) is 0 Å². The standard InChI is InChI=1S/C17H25N5O2S/c1-3-5-22-8-14(12(2)20-22)17(24)19-15-4-6-21(9-16(15)23)7-13-10-25-11-18-13/h8,10-11,15-16,23H,3-7,9H2,1-2H3,(H,19,24)/t15-,16-/m1/s1. The molecule has 1 aliphatic heterocycles. The first-order chi connectivity index (χ1) is 12.1. The van der Waals surface area contributed by atoms with Gasteiger partial charge in [-0.1, -0.05) is 6.92 Å². The van der Waals surface area contributed by atoms with E-state index in [1.807, 2.05) is 17.8 Å². The second kappa shape index (κ2) is 8.07. The molecule has 8 heteroatoms. The number of hydrogen-bond acceptors (Lipinski definition) is 6. The molecule has 0 unspecified atom stereocenters. The van der Waals surface area contributed by atoms with Crippen molar-refractivity contribution >= 4 is 17.2 Å². The minimum Gasteiger partial charge on any atom is -0.390 e. The number of aliphatic hydroxyl groups is 1. The minimum absolute atomic E-state index is 0.156. The number of piperidine rings is 1. The number of aromatic nitrogens is 3. The molecular formula is C17H25N5O2S. The lowest BCUT2D eigenvalue weighted by molar-refractivity contribution is 0.0346. The summed E-state index contributed by atoms with van der Waals surface area (Å²) in [5.41, 5.74) is 4.16. The van der Waals surface area contributed by atoms with Gasteiger partial charge in [0, 0.05) is 37.8 Å². The lowest BCUT2D eigenvalue weighted by Crippen LogP contribution is -2.53. The SMILES string of the molecule is CCCn1cc(C(=O)N[C@@H]2CCN(Cc3cscn3)C[C@H]2O)c(C)n1. The molecule has 136 valence electrons. The Kier molecular flexibility index (Phi) is 5.82. The van der Waals surface area contributed by atoms with Gasteiger partial charge < -0.3 is 10.4 Å². The normalized spacial score (nSPS) is 21.4. The molecule has 1 fully saturated rings. The van der Waals surface area contributed by atoms with E-state index in [4.69, 9.17) is 0 Å². The fourth-order valence-corrected chi connectivity index (χ4v) is 3.73. The predicted octanol–water partition coefficient (Wildman–Crippen LogP) is 1.42. The summed E-state index contributed by atoms with van der Waals surface area (Å²) in [5.74, 6) is -0.156. The lowest BCUT2D eigenvalue weighted by Gasteiger charge is -2.35. The van der Waals surface area contributed by atoms with E-state index in [2.05, 4.69) is 27.2 Å². The van der Waals surface area contributed by atoms with Crippen LogP contribution in [0.3, 0.4) is 0 Å². The number of carbonyl (C=O) groups excluding carboxylic acids is 1. The fourth-order valence-electron chi connectivity index (χ4n) is 3.18. The van der Waals surface area contributed by atoms with Crippen LogP contribution in [0.25, 0.3) is 0 Å². The number of hydrogen-bond donors (Lipinski definition) is 2. The first kappa shape index (κ1) is 18.0. The zero-order valence-corrected chi connectivity index (χ0v) is 15.5. The van der Waals surface area contributed by atoms with E-state index in [-0.39, 0.29) is 11.9 Å². The van der Waals surface area contributed by atoms with Crippen molar-refractivity contribution in [1.82, 2.24) is 25.0 Å². The number of β-amino-alcohol motifs (C(OH)–C–C–N with tert-alkyl or cyclic N) is 1. The number of aliphatic hydroxyl groups excluding tert-OH is 1. The summed E-state index contributed by atoms with van der Waals surface area (Å²) in [6.45, 7) is 6.82. The highest BCUT2D eigenvalue weighted by Gasteiger charge is 2.30. The quantitative estimate of drug-likeness (QED) is 0.811. The molecule has 2 atom stereocenters. The molecule has 1 aliphatic rings. The Morgan fingerprint density at radius 2 is 2.36 bits per heavy atom. The zero-order valence-electron chi connectivity index (χ0n) is 14.7. The highest BCUT2D eigenvalue weighted by Crippen LogP contribution is 2.16. The van der Waals surface area contributed by atoms with Gasteiger partial charge >= 0.3 is 0 Å². The first-order valence-electron chi connectivity index (χ1n) is 8.69. The van der Waals surface area contributed by atoms with Gasteiger partial charge in [0.1, 0.15) is 0 Å². The average Bonchev–Trinajstić information content (AvgIpc) is 3.20. The van der Waals surface area contributed by atoms with Gasteiger partial charge in [0.2, 0.25) is 0 Å². The van der Waals surface area contributed by atoms with Gasteiger partial charge in [0.05, 0.1) is 34.6 Å². The van der Waals surface area contributed by atoms with E-state index in [0.29, 0.717) is 12.1 Å². The number of likely N-dealkylation sites (tertiary alicyclic amines) is 1. The van der Waals surface area contributed by atoms with E-state index >= 15 is 0 Å². The number of thiazole rings is 1. The number of aryl methyl sites for hydroxylation is 2. The smallest absolute Gasteiger partial charge is 0.255 e. The molecule has 1 saturated heterocycles. The Bertz CT molecular complexity index is 700. The Hall–Kier alpha value is -1.77. The average molecular weight is 363 g/mol. The molecule has 0 bridgehead atoms. The van der Waals surface area contributed by atoms with Crippen LogP contribution in [-0.2, 0) is 13.1 Å². The largest absolute Gasteiger partial charge is 0.390 e. The van der Waals surface area contributed by atoms with Crippen LogP contribution in [-0.4, -0.2) is 55.9 Å². The molecule has 0 saturated carbocycles. The second-order valence-electron chi connectivity index (χ2n) is 6.54. The summed E-state index contributed by atoms with van der Waals surface area (Å²) in [6, 6.07) is -0.229. The topological polar surface area (TPSA) is 83.3 Å². The van der Waals surface area contributed by atoms with Gasteiger partial charge in [-0.15, -0.1) is 11.3 Å². The third-order valence-corrected chi connectivity index (χ3v) is 5.13. The van der Waals surface area contributed by atoms with E-state index in [1.54, 1.807) is 22.2 Å². The maximum Gasteiger partial charge on any atom is 0.255 e. The van der Waals surface area contributed by atoms with Gasteiger partial charge in [0.15, 0.2) is 0 Å². The summed E-state index contributed by atoms with van der Waals surface area (Å²) in [6.07, 6.45) is 2.90. The zero-order chi connectivity index (χ0) is 17.8. The summed E-state index contributed by atoms with van der Waals surface area (Å²) in [4.78, 5) is 19.0. The van der Waals surface area contributed by atoms with Crippen molar-refractivity contribution in [3.05, 3.63) is 34.0 Å². The number of rotatable bonds is 6. The van der Waals surface area contributed by atoms with Crippen molar-refractivity contribution < 1.29 is 9.90 Å². The first-order valence-corrected chi connectivity index (χ1v) is 9.63. The summed E-state index contributed by atoms with van der Waals surface area (Å²) in [5, 5.41) is 19.8. The number of nitrogens with zero attached hydrogens (tertiary/aromatic N) is 4. The maximum absolute atomic E-state index is 12.5. The van der Waals surface area contributed by atoms with Crippen molar-refractivity contribution in [3.63, 3.8) is 0 Å². The number of carbonyl (C=O) groups is 1. The van der Waals surface area contributed by atoms with Crippen molar-refractivity contribution in [2.75, 3.05) is 13.1 Å². The van der Waals surface area contributed by atoms with Crippen LogP contribution in [0, 0.1) is 6.92 Å². The van der Waals surface area contributed by atoms with Crippen LogP contribution in [0.1, 0.15) is 41.5 Å². The third kappa shape index (κ3) is 4.45. The predicted molar refractivity (Wildman–Crippen MR) is 96.5 cm³/mol. The molecule has 25 heavy (non-hydrogen) atoms. The Labute approximate surface area is 151 Å². The molecule has 0 spiro atoms. The lowest BCUT2D eigenvalue weighted by atomic mass is 10.0. The van der Waals surface area contributed by atoms with Gasteiger partial charge in [-0.05, 0) is 19.8 Å². The van der Waals surface area contributed by atoms with E-state index in [1.165, 1.54) is 0 Å². The van der Waals surface area contributed by atoms with Crippen LogP contribution in [0.4, 0.5) is 0 Å². The molecule has 3 rings (SSSR count). The van der Waals surface area contributed by atoms with Gasteiger partial charge in [0.25, 0.3) is 5.91 Å². The molecular weight excluding hydrogens is 338 g/mol. The van der Waals surface area contributed by atoms with Gasteiger partial charge in [-0.25, -0.2) is 4.98 Å². The van der Waals surface area contributed by atoms with Crippen molar-refractivity contribution in [3.8, 4) is 0 Å². The maximum atomic E-state index is 12.5. The summed E-state index contributed by atoms with van der Waals surface area (Å²) in [7, 11) is 0. The Balaban J connectivity index is 1.55. The molecule has 2 aromatic heterocycles. The molecule has 0 radical (unpaired) electrons. The molecule has 0 aromatic carbocycles. The van der Waals surface area contributed by atoms with Gasteiger partial charge in [-0.3, -0.25) is 14.4 Å². The molecule has 0 aliphatic carbocycles. The van der Waals surface area contributed by atoms with Gasteiger partial charge in [-0.2, -0.15) is 5.10 Å². The van der Waals surface area contributed by atoms with Crippen LogP contribution >= 0.6 is 11.3 Å².